The lowest BCUT2D eigenvalue weighted by atomic mass is 10.1. The van der Waals surface area contributed by atoms with Crippen molar-refractivity contribution >= 4 is 61.5 Å². The predicted octanol–water partition coefficient (Wildman–Crippen LogP) is 5.85. The van der Waals surface area contributed by atoms with E-state index < -0.39 is 17.8 Å². The minimum atomic E-state index is -0.796. The summed E-state index contributed by atoms with van der Waals surface area (Å²) in [5.74, 6) is -0.444. The summed E-state index contributed by atoms with van der Waals surface area (Å²) in [7, 11) is 1.52. The number of unbranched alkanes of at least 4 members (excludes halogenated alkanes) is 3. The number of hydrogen-bond donors (Lipinski definition) is 1. The summed E-state index contributed by atoms with van der Waals surface area (Å²) < 4.78 is 12.8. The molecule has 1 fully saturated rings. The number of anilines is 1. The summed E-state index contributed by atoms with van der Waals surface area (Å²) in [6.07, 6.45) is 5.75. The number of amides is 4. The lowest BCUT2D eigenvalue weighted by Crippen LogP contribution is -2.54. The Morgan fingerprint density at radius 3 is 2.42 bits per heavy atom. The number of nitrogens with one attached hydrogen (secondary N) is 1. The molecule has 0 spiro atoms. The van der Waals surface area contributed by atoms with Gasteiger partial charge in [0, 0.05) is 4.47 Å². The molecule has 9 heteroatoms. The number of hydrogen-bond acceptors (Lipinski definition) is 5. The highest BCUT2D eigenvalue weighted by atomic mass is 79.9. The number of barbiturate groups is 1. The molecule has 0 saturated carbocycles. The Balaban J connectivity index is 1.88. The number of benzene rings is 2. The van der Waals surface area contributed by atoms with Crippen LogP contribution in [0.1, 0.15) is 38.2 Å². The molecule has 1 aliphatic rings. The molecule has 33 heavy (non-hydrogen) atoms. The molecule has 1 heterocycles. The summed E-state index contributed by atoms with van der Waals surface area (Å²) in [4.78, 5) is 38.8. The van der Waals surface area contributed by atoms with Gasteiger partial charge in [0.25, 0.3) is 11.8 Å². The van der Waals surface area contributed by atoms with Crippen LogP contribution in [0.15, 0.2) is 50.9 Å². The Labute approximate surface area is 209 Å². The van der Waals surface area contributed by atoms with E-state index in [2.05, 4.69) is 44.1 Å². The van der Waals surface area contributed by atoms with E-state index in [-0.39, 0.29) is 5.57 Å². The fourth-order valence-electron chi connectivity index (χ4n) is 3.32. The van der Waals surface area contributed by atoms with Gasteiger partial charge in [0.05, 0.1) is 23.9 Å². The second kappa shape index (κ2) is 11.5. The second-order valence-corrected chi connectivity index (χ2v) is 9.15. The van der Waals surface area contributed by atoms with Crippen LogP contribution < -0.4 is 19.7 Å². The highest BCUT2D eigenvalue weighted by Gasteiger charge is 2.36. The van der Waals surface area contributed by atoms with Gasteiger partial charge in [-0.15, -0.1) is 0 Å². The first-order valence-corrected chi connectivity index (χ1v) is 12.1. The van der Waals surface area contributed by atoms with Crippen LogP contribution in [0.25, 0.3) is 6.08 Å². The number of urea groups is 1. The van der Waals surface area contributed by atoms with Crippen molar-refractivity contribution in [2.45, 2.75) is 32.6 Å². The van der Waals surface area contributed by atoms with E-state index in [1.807, 2.05) is 0 Å². The first-order valence-electron chi connectivity index (χ1n) is 10.5. The van der Waals surface area contributed by atoms with Gasteiger partial charge in [0.15, 0.2) is 11.5 Å². The first-order chi connectivity index (χ1) is 15.8. The summed E-state index contributed by atoms with van der Waals surface area (Å²) >= 11 is 6.81. The minimum Gasteiger partial charge on any atom is -0.493 e. The number of carbonyl (C=O) groups is 3. The Morgan fingerprint density at radius 1 is 1.03 bits per heavy atom. The molecule has 1 aliphatic heterocycles. The molecule has 2 aromatic rings. The average molecular weight is 580 g/mol. The van der Waals surface area contributed by atoms with Crippen molar-refractivity contribution in [1.29, 1.82) is 0 Å². The Kier molecular flexibility index (Phi) is 8.68. The van der Waals surface area contributed by atoms with Crippen LogP contribution in [-0.4, -0.2) is 31.6 Å². The number of rotatable bonds is 9. The van der Waals surface area contributed by atoms with Crippen LogP contribution in [0, 0.1) is 0 Å². The Bertz CT molecular complexity index is 1080. The van der Waals surface area contributed by atoms with E-state index in [1.54, 1.807) is 36.4 Å². The van der Waals surface area contributed by atoms with Gasteiger partial charge >= 0.3 is 6.03 Å². The van der Waals surface area contributed by atoms with Crippen molar-refractivity contribution in [1.82, 2.24) is 5.32 Å². The fraction of sp³-hybridized carbons (Fsp3) is 0.292. The van der Waals surface area contributed by atoms with Crippen LogP contribution in [0.3, 0.4) is 0 Å². The smallest absolute Gasteiger partial charge is 0.335 e. The van der Waals surface area contributed by atoms with Crippen molar-refractivity contribution in [3.8, 4) is 11.5 Å². The third-order valence-electron chi connectivity index (χ3n) is 4.99. The van der Waals surface area contributed by atoms with Gasteiger partial charge in [-0.3, -0.25) is 14.9 Å². The maximum Gasteiger partial charge on any atom is 0.335 e. The maximum atomic E-state index is 13.1. The molecule has 1 N–H and O–H groups in total. The standard InChI is InChI=1S/C24H24Br2N2O5/c1-3-4-5-6-11-33-21-19(26)13-15(14-20(21)32-2)12-18-22(29)27-24(31)28(23(18)30)17-9-7-16(25)8-10-17/h7-10,12-14H,3-6,11H2,1-2H3,(H,27,29,31)/b18-12+. The summed E-state index contributed by atoms with van der Waals surface area (Å²) in [6, 6.07) is 9.26. The number of halogens is 2. The third kappa shape index (κ3) is 6.03. The van der Waals surface area contributed by atoms with Gasteiger partial charge in [-0.1, -0.05) is 42.1 Å². The molecule has 0 unspecified atom stereocenters. The van der Waals surface area contributed by atoms with E-state index >= 15 is 0 Å². The van der Waals surface area contributed by atoms with Crippen LogP contribution in [-0.2, 0) is 9.59 Å². The molecule has 0 aromatic heterocycles. The van der Waals surface area contributed by atoms with Gasteiger partial charge in [-0.2, -0.15) is 0 Å². The SMILES string of the molecule is CCCCCCOc1c(Br)cc(/C=C2\C(=O)NC(=O)N(c3ccc(Br)cc3)C2=O)cc1OC. The average Bonchev–Trinajstić information content (AvgIpc) is 2.78. The largest absolute Gasteiger partial charge is 0.493 e. The van der Waals surface area contributed by atoms with Crippen molar-refractivity contribution < 1.29 is 23.9 Å². The van der Waals surface area contributed by atoms with E-state index in [1.165, 1.54) is 13.2 Å². The molecule has 174 valence electrons. The van der Waals surface area contributed by atoms with Crippen LogP contribution in [0.4, 0.5) is 10.5 Å². The minimum absolute atomic E-state index is 0.167. The van der Waals surface area contributed by atoms with E-state index in [0.29, 0.717) is 33.8 Å². The number of methoxy groups -OCH3 is 1. The molecule has 0 bridgehead atoms. The van der Waals surface area contributed by atoms with Crippen molar-refractivity contribution in [2.24, 2.45) is 0 Å². The van der Waals surface area contributed by atoms with Gasteiger partial charge in [-0.25, -0.2) is 9.69 Å². The molecule has 0 aliphatic carbocycles. The molecule has 0 radical (unpaired) electrons. The Morgan fingerprint density at radius 2 is 1.76 bits per heavy atom. The normalized spacial score (nSPS) is 15.1. The van der Waals surface area contributed by atoms with Gasteiger partial charge in [0.1, 0.15) is 5.57 Å². The quantitative estimate of drug-likeness (QED) is 0.229. The van der Waals surface area contributed by atoms with Crippen LogP contribution in [0.2, 0.25) is 0 Å². The first kappa shape index (κ1) is 25.0. The molecule has 3 rings (SSSR count). The molecule has 0 atom stereocenters. The number of nitrogens with zero attached hydrogens (tertiary/aromatic N) is 1. The van der Waals surface area contributed by atoms with Crippen molar-refractivity contribution in [3.05, 3.63) is 56.5 Å². The number of carbonyl (C=O) groups excluding carboxylic acids is 3. The predicted molar refractivity (Wildman–Crippen MR) is 133 cm³/mol. The topological polar surface area (TPSA) is 84.9 Å². The summed E-state index contributed by atoms with van der Waals surface area (Å²) in [6.45, 7) is 2.71. The zero-order valence-electron chi connectivity index (χ0n) is 18.3. The summed E-state index contributed by atoms with van der Waals surface area (Å²) in [5, 5.41) is 2.22. The lowest BCUT2D eigenvalue weighted by molar-refractivity contribution is -0.122. The van der Waals surface area contributed by atoms with E-state index in [4.69, 9.17) is 9.47 Å². The highest BCUT2D eigenvalue weighted by molar-refractivity contribution is 9.10. The third-order valence-corrected chi connectivity index (χ3v) is 6.11. The van der Waals surface area contributed by atoms with Crippen molar-refractivity contribution in [3.63, 3.8) is 0 Å². The van der Waals surface area contributed by atoms with Gasteiger partial charge < -0.3 is 9.47 Å². The zero-order chi connectivity index (χ0) is 24.0. The lowest BCUT2D eigenvalue weighted by Gasteiger charge is -2.26. The molecular weight excluding hydrogens is 556 g/mol. The summed E-state index contributed by atoms with van der Waals surface area (Å²) in [5.41, 5.74) is 0.727. The van der Waals surface area contributed by atoms with E-state index in [9.17, 15) is 14.4 Å². The van der Waals surface area contributed by atoms with Gasteiger partial charge in [-0.05, 0) is 70.4 Å². The van der Waals surface area contributed by atoms with Crippen LogP contribution in [0.5, 0.6) is 11.5 Å². The second-order valence-electron chi connectivity index (χ2n) is 7.38. The fourth-order valence-corrected chi connectivity index (χ4v) is 4.15. The maximum absolute atomic E-state index is 13.1. The number of ether oxygens (including phenoxy) is 2. The molecule has 7 nitrogen and oxygen atoms in total. The van der Waals surface area contributed by atoms with E-state index in [0.717, 1.165) is 35.1 Å². The monoisotopic (exact) mass is 578 g/mol. The van der Waals surface area contributed by atoms with Gasteiger partial charge in [0.2, 0.25) is 0 Å². The molecule has 2 aromatic carbocycles. The zero-order valence-corrected chi connectivity index (χ0v) is 21.5. The molecular formula is C24H24Br2N2O5. The highest BCUT2D eigenvalue weighted by Crippen LogP contribution is 2.37. The number of imide groups is 2. The Hall–Kier alpha value is -2.65. The molecule has 4 amide bonds. The molecule has 1 saturated heterocycles. The van der Waals surface area contributed by atoms with Crippen molar-refractivity contribution in [2.75, 3.05) is 18.6 Å². The van der Waals surface area contributed by atoms with Crippen LogP contribution >= 0.6 is 31.9 Å².